The van der Waals surface area contributed by atoms with E-state index in [2.05, 4.69) is 21.5 Å². The standard InChI is InChI=1S/C11H11ClN2OS/c1-15-9-5-2-8(3-6-9)4-7-10-13-11(12)14-16-10/h2-3,5-6H,4,7H2,1H3. The van der Waals surface area contributed by atoms with Crippen LogP contribution in [0.1, 0.15) is 10.6 Å². The maximum absolute atomic E-state index is 5.65. The second kappa shape index (κ2) is 5.27. The fraction of sp³-hybridized carbons (Fsp3) is 0.273. The molecule has 3 nitrogen and oxygen atoms in total. The molecule has 16 heavy (non-hydrogen) atoms. The molecule has 0 spiro atoms. The van der Waals surface area contributed by atoms with Gasteiger partial charge in [0.25, 0.3) is 0 Å². The number of rotatable bonds is 4. The number of ether oxygens (including phenoxy) is 1. The molecule has 0 aliphatic carbocycles. The van der Waals surface area contributed by atoms with Gasteiger partial charge in [-0.15, -0.1) is 0 Å². The first-order valence-corrected chi connectivity index (χ1v) is 6.04. The quantitative estimate of drug-likeness (QED) is 0.841. The van der Waals surface area contributed by atoms with Crippen LogP contribution in [0.25, 0.3) is 0 Å². The van der Waals surface area contributed by atoms with Gasteiger partial charge in [-0.05, 0) is 47.3 Å². The van der Waals surface area contributed by atoms with E-state index in [-0.39, 0.29) is 0 Å². The SMILES string of the molecule is COc1ccc(CCc2nc(Cl)ns2)cc1. The van der Waals surface area contributed by atoms with Gasteiger partial charge >= 0.3 is 0 Å². The third-order valence-electron chi connectivity index (χ3n) is 2.23. The largest absolute Gasteiger partial charge is 0.497 e. The van der Waals surface area contributed by atoms with Gasteiger partial charge in [0.05, 0.1) is 7.11 Å². The summed E-state index contributed by atoms with van der Waals surface area (Å²) in [5.74, 6) is 0.878. The molecule has 0 saturated heterocycles. The molecule has 0 unspecified atom stereocenters. The van der Waals surface area contributed by atoms with Gasteiger partial charge in [-0.25, -0.2) is 4.98 Å². The van der Waals surface area contributed by atoms with Crippen molar-refractivity contribution in [3.63, 3.8) is 0 Å². The van der Waals surface area contributed by atoms with Crippen molar-refractivity contribution in [3.05, 3.63) is 40.1 Å². The summed E-state index contributed by atoms with van der Waals surface area (Å²) in [6.45, 7) is 0. The number of hydrogen-bond acceptors (Lipinski definition) is 4. The lowest BCUT2D eigenvalue weighted by atomic mass is 10.1. The molecule has 0 saturated carbocycles. The van der Waals surface area contributed by atoms with E-state index >= 15 is 0 Å². The molecule has 2 aromatic rings. The summed E-state index contributed by atoms with van der Waals surface area (Å²) in [4.78, 5) is 4.11. The molecule has 0 bridgehead atoms. The number of aryl methyl sites for hydroxylation is 2. The number of methoxy groups -OCH3 is 1. The lowest BCUT2D eigenvalue weighted by Crippen LogP contribution is -1.91. The molecule has 2 rings (SSSR count). The number of aromatic nitrogens is 2. The van der Waals surface area contributed by atoms with E-state index in [0.29, 0.717) is 5.28 Å². The van der Waals surface area contributed by atoms with Crippen LogP contribution in [-0.4, -0.2) is 16.5 Å². The van der Waals surface area contributed by atoms with Crippen LogP contribution in [0.3, 0.4) is 0 Å². The van der Waals surface area contributed by atoms with Crippen LogP contribution < -0.4 is 4.74 Å². The second-order valence-electron chi connectivity index (χ2n) is 3.31. The van der Waals surface area contributed by atoms with Crippen molar-refractivity contribution in [1.82, 2.24) is 9.36 Å². The Morgan fingerprint density at radius 2 is 2.00 bits per heavy atom. The van der Waals surface area contributed by atoms with E-state index in [1.807, 2.05) is 12.1 Å². The van der Waals surface area contributed by atoms with Gasteiger partial charge in [0.15, 0.2) is 0 Å². The summed E-state index contributed by atoms with van der Waals surface area (Å²) in [5.41, 5.74) is 1.26. The van der Waals surface area contributed by atoms with Gasteiger partial charge in [-0.2, -0.15) is 4.37 Å². The van der Waals surface area contributed by atoms with Crippen LogP contribution in [0.5, 0.6) is 5.75 Å². The molecule has 0 aliphatic heterocycles. The van der Waals surface area contributed by atoms with E-state index < -0.39 is 0 Å². The predicted molar refractivity (Wildman–Crippen MR) is 65.3 cm³/mol. The van der Waals surface area contributed by atoms with Gasteiger partial charge in [0.2, 0.25) is 5.28 Å². The highest BCUT2D eigenvalue weighted by Crippen LogP contribution is 2.15. The molecule has 0 amide bonds. The minimum Gasteiger partial charge on any atom is -0.497 e. The molecular formula is C11H11ClN2OS. The fourth-order valence-corrected chi connectivity index (χ4v) is 2.18. The molecule has 1 heterocycles. The Balaban J connectivity index is 1.94. The smallest absolute Gasteiger partial charge is 0.234 e. The van der Waals surface area contributed by atoms with Crippen LogP contribution in [-0.2, 0) is 12.8 Å². The van der Waals surface area contributed by atoms with E-state index in [9.17, 15) is 0 Å². The monoisotopic (exact) mass is 254 g/mol. The molecule has 0 fully saturated rings. The third kappa shape index (κ3) is 2.93. The van der Waals surface area contributed by atoms with Crippen LogP contribution >= 0.6 is 23.1 Å². The zero-order chi connectivity index (χ0) is 11.4. The zero-order valence-electron chi connectivity index (χ0n) is 8.81. The van der Waals surface area contributed by atoms with Crippen LogP contribution in [0.4, 0.5) is 0 Å². The normalized spacial score (nSPS) is 10.4. The Bertz CT molecular complexity index is 455. The van der Waals surface area contributed by atoms with Crippen molar-refractivity contribution in [2.75, 3.05) is 7.11 Å². The summed E-state index contributed by atoms with van der Waals surface area (Å²) >= 11 is 7.01. The van der Waals surface area contributed by atoms with Crippen molar-refractivity contribution >= 4 is 23.1 Å². The van der Waals surface area contributed by atoms with Crippen LogP contribution in [0, 0.1) is 0 Å². The van der Waals surface area contributed by atoms with Gasteiger partial charge in [0.1, 0.15) is 10.8 Å². The minimum atomic E-state index is 0.342. The molecule has 1 aromatic carbocycles. The maximum atomic E-state index is 5.65. The number of hydrogen-bond donors (Lipinski definition) is 0. The van der Waals surface area contributed by atoms with E-state index in [1.54, 1.807) is 7.11 Å². The lowest BCUT2D eigenvalue weighted by molar-refractivity contribution is 0.414. The Morgan fingerprint density at radius 3 is 2.56 bits per heavy atom. The average molecular weight is 255 g/mol. The molecule has 1 aromatic heterocycles. The van der Waals surface area contributed by atoms with Gasteiger partial charge in [-0.1, -0.05) is 12.1 Å². The Kier molecular flexibility index (Phi) is 3.74. The van der Waals surface area contributed by atoms with Crippen molar-refractivity contribution in [3.8, 4) is 5.75 Å². The number of nitrogens with zero attached hydrogens (tertiary/aromatic N) is 2. The molecule has 5 heteroatoms. The molecule has 0 atom stereocenters. The molecule has 0 radical (unpaired) electrons. The van der Waals surface area contributed by atoms with E-state index in [1.165, 1.54) is 17.1 Å². The minimum absolute atomic E-state index is 0.342. The zero-order valence-corrected chi connectivity index (χ0v) is 10.4. The van der Waals surface area contributed by atoms with Crippen molar-refractivity contribution in [2.45, 2.75) is 12.8 Å². The van der Waals surface area contributed by atoms with Gasteiger partial charge in [-0.3, -0.25) is 0 Å². The fourth-order valence-electron chi connectivity index (χ4n) is 1.38. The molecule has 0 N–H and O–H groups in total. The topological polar surface area (TPSA) is 35.0 Å². The average Bonchev–Trinajstić information content (AvgIpc) is 2.73. The van der Waals surface area contributed by atoms with E-state index in [0.717, 1.165) is 23.6 Å². The Morgan fingerprint density at radius 1 is 1.25 bits per heavy atom. The highest BCUT2D eigenvalue weighted by atomic mass is 35.5. The van der Waals surface area contributed by atoms with Crippen LogP contribution in [0.2, 0.25) is 5.28 Å². The van der Waals surface area contributed by atoms with Gasteiger partial charge < -0.3 is 4.74 Å². The van der Waals surface area contributed by atoms with Crippen molar-refractivity contribution in [2.24, 2.45) is 0 Å². The molecule has 0 aliphatic rings. The first-order chi connectivity index (χ1) is 7.78. The second-order valence-corrected chi connectivity index (χ2v) is 4.48. The first-order valence-electron chi connectivity index (χ1n) is 4.89. The maximum Gasteiger partial charge on any atom is 0.234 e. The Labute approximate surface area is 103 Å². The van der Waals surface area contributed by atoms with Crippen LogP contribution in [0.15, 0.2) is 24.3 Å². The number of halogens is 1. The third-order valence-corrected chi connectivity index (χ3v) is 3.27. The van der Waals surface area contributed by atoms with E-state index in [4.69, 9.17) is 16.3 Å². The highest BCUT2D eigenvalue weighted by Gasteiger charge is 2.02. The van der Waals surface area contributed by atoms with Crippen molar-refractivity contribution < 1.29 is 4.74 Å². The summed E-state index contributed by atoms with van der Waals surface area (Å²) in [6.07, 6.45) is 1.81. The first kappa shape index (κ1) is 11.4. The molecular weight excluding hydrogens is 244 g/mol. The lowest BCUT2D eigenvalue weighted by Gasteiger charge is -2.01. The highest BCUT2D eigenvalue weighted by molar-refractivity contribution is 7.05. The summed E-state index contributed by atoms with van der Waals surface area (Å²) in [5, 5.41) is 1.32. The van der Waals surface area contributed by atoms with Gasteiger partial charge in [0, 0.05) is 6.42 Å². The van der Waals surface area contributed by atoms with Crippen molar-refractivity contribution in [1.29, 1.82) is 0 Å². The summed E-state index contributed by atoms with van der Waals surface area (Å²) < 4.78 is 9.03. The summed E-state index contributed by atoms with van der Waals surface area (Å²) in [7, 11) is 1.66. The number of benzene rings is 1. The Hall–Kier alpha value is -1.13. The predicted octanol–water partition coefficient (Wildman–Crippen LogP) is 2.99. The summed E-state index contributed by atoms with van der Waals surface area (Å²) in [6, 6.07) is 8.04. The molecule has 84 valence electrons.